The van der Waals surface area contributed by atoms with E-state index in [0.29, 0.717) is 16.8 Å². The van der Waals surface area contributed by atoms with Crippen LogP contribution in [0.1, 0.15) is 28.3 Å². The monoisotopic (exact) mass is 682 g/mol. The van der Waals surface area contributed by atoms with Gasteiger partial charge in [0.25, 0.3) is 0 Å². The number of benzene rings is 3. The number of aromatic nitrogens is 4. The van der Waals surface area contributed by atoms with Crippen LogP contribution in [0.15, 0.2) is 121 Å². The van der Waals surface area contributed by atoms with Crippen LogP contribution in [0.3, 0.4) is 0 Å². The summed E-state index contributed by atoms with van der Waals surface area (Å²) in [6.07, 6.45) is 11.0. The molecule has 0 amide bonds. The molecule has 0 radical (unpaired) electrons. The third-order valence-electron chi connectivity index (χ3n) is 8.22. The molecule has 0 aliphatic carbocycles. The van der Waals surface area contributed by atoms with Gasteiger partial charge < -0.3 is 9.97 Å². The van der Waals surface area contributed by atoms with Crippen LogP contribution in [-0.2, 0) is 21.3 Å². The molecule has 8 bridgehead atoms. The average molecular weight is 684 g/mol. The molecule has 3 aromatic heterocycles. The van der Waals surface area contributed by atoms with Crippen LogP contribution in [0.2, 0.25) is 0 Å². The maximum Gasteiger partial charge on any atom is 2.00 e. The molecule has 0 atom stereocenters. The molecule has 0 saturated carbocycles. The average Bonchev–Trinajstić information content (AvgIpc) is 3.93. The first-order valence-electron chi connectivity index (χ1n) is 15.2. The van der Waals surface area contributed by atoms with Gasteiger partial charge in [0.15, 0.2) is 0 Å². The number of nitrogens with zero attached hydrogens (tertiary/aromatic N) is 4. The van der Waals surface area contributed by atoms with Gasteiger partial charge in [-0.15, -0.1) is 22.1 Å². The van der Waals surface area contributed by atoms with E-state index in [-0.39, 0.29) is 16.5 Å². The summed E-state index contributed by atoms with van der Waals surface area (Å²) in [5, 5.41) is -0.580. The summed E-state index contributed by atoms with van der Waals surface area (Å²) in [4.78, 5) is 32.6. The molecule has 2 aliphatic heterocycles. The number of rotatable bonds is 5. The number of allylic oxidation sites excluding steroid dienone is 1. The third-order valence-corrected chi connectivity index (χ3v) is 8.34. The zero-order chi connectivity index (χ0) is 31.7. The molecule has 0 N–H and O–H groups in total. The van der Waals surface area contributed by atoms with E-state index in [1.54, 1.807) is 6.08 Å². The van der Waals surface area contributed by atoms with Gasteiger partial charge in [-0.1, -0.05) is 115 Å². The molecule has 0 saturated heterocycles. The summed E-state index contributed by atoms with van der Waals surface area (Å²) in [5.41, 5.74) is 12.5. The summed E-state index contributed by atoms with van der Waals surface area (Å²) in [5.74, 6) is 0. The van der Waals surface area contributed by atoms with Crippen LogP contribution in [0.5, 0.6) is 0 Å². The number of carbonyl (C=O) groups excluding carboxylic acids is 1. The Bertz CT molecular complexity index is 2390. The summed E-state index contributed by atoms with van der Waals surface area (Å²) < 4.78 is 0. The van der Waals surface area contributed by atoms with Gasteiger partial charge in [0.05, 0.1) is 22.8 Å². The van der Waals surface area contributed by atoms with E-state index < -0.39 is 5.24 Å². The van der Waals surface area contributed by atoms with Gasteiger partial charge in [-0.05, 0) is 87.0 Å². The van der Waals surface area contributed by atoms with E-state index in [2.05, 4.69) is 48.5 Å². The predicted octanol–water partition coefficient (Wildman–Crippen LogP) is 9.69. The van der Waals surface area contributed by atoms with E-state index in [9.17, 15) is 4.79 Å². The fraction of sp³-hybridized carbons (Fsp3) is 0. The first-order chi connectivity index (χ1) is 23.1. The van der Waals surface area contributed by atoms with Gasteiger partial charge in [0, 0.05) is 0 Å². The second-order valence-electron chi connectivity index (χ2n) is 11.1. The molecule has 0 fully saturated rings. The van der Waals surface area contributed by atoms with E-state index in [0.717, 1.165) is 67.0 Å². The third kappa shape index (κ3) is 5.88. The van der Waals surface area contributed by atoms with Gasteiger partial charge in [0.1, 0.15) is 0 Å². The minimum atomic E-state index is -0.580. The van der Waals surface area contributed by atoms with Gasteiger partial charge in [-0.3, -0.25) is 4.79 Å². The Morgan fingerprint density at radius 1 is 0.500 bits per heavy atom. The molecule has 0 unspecified atom stereocenters. The van der Waals surface area contributed by atoms with Crippen molar-refractivity contribution in [1.82, 2.24) is 19.9 Å². The van der Waals surface area contributed by atoms with Crippen molar-refractivity contribution in [3.63, 3.8) is 0 Å². The van der Waals surface area contributed by atoms with Crippen LogP contribution in [0.4, 0.5) is 0 Å². The molecular formula is C41H25ClN4NiO. The van der Waals surface area contributed by atoms with E-state index in [1.807, 2.05) is 91.0 Å². The number of fused-ring (bicyclic) bond motifs is 8. The number of carbonyl (C=O) groups is 1. The number of hydrogen-bond donors (Lipinski definition) is 0. The van der Waals surface area contributed by atoms with Crippen molar-refractivity contribution in [2.75, 3.05) is 0 Å². The standard InChI is InChI=1S/C41H26ClN4O.Ni/c42-38(47)25-16-29-30-17-19-32(43-30)39(26-10-4-1-5-11-26)34-21-23-36(45-34)41(28-14-8-3-9-15-28)37-24-22-35(46-37)40(27-12-6-2-7-13-27)33-20-18-31(29)44-33;/h1-25H,(H-,43,44,45,46,47);/q-1;+2/p-1. The first kappa shape index (κ1) is 31.1. The Hall–Kier alpha value is -5.55. The Balaban J connectivity index is 0.00000364. The van der Waals surface area contributed by atoms with Crippen molar-refractivity contribution in [3.8, 4) is 33.4 Å². The van der Waals surface area contributed by atoms with Crippen LogP contribution >= 0.6 is 11.6 Å². The summed E-state index contributed by atoms with van der Waals surface area (Å²) in [7, 11) is 0. The SMILES string of the molecule is O=C(Cl)/C=C/c1c2nc(c(-c3ccccc3)c3ccc([n-]3)c(-c3ccccc3)c3nc(c(-c4ccccc4)c4ccc1[n-]4)C=C3)C=C2.[Ni+2]. The molecular weight excluding hydrogens is 659 g/mol. The Labute approximate surface area is 292 Å². The van der Waals surface area contributed by atoms with Crippen LogP contribution in [0, 0.1) is 0 Å². The minimum absolute atomic E-state index is 0. The van der Waals surface area contributed by atoms with Crippen LogP contribution in [-0.4, -0.2) is 15.2 Å². The molecule has 7 heteroatoms. The van der Waals surface area contributed by atoms with Crippen molar-refractivity contribution in [2.24, 2.45) is 0 Å². The van der Waals surface area contributed by atoms with Crippen molar-refractivity contribution in [1.29, 1.82) is 0 Å². The van der Waals surface area contributed by atoms with Crippen molar-refractivity contribution >= 4 is 69.3 Å². The van der Waals surface area contributed by atoms with E-state index >= 15 is 0 Å². The van der Waals surface area contributed by atoms with E-state index in [4.69, 9.17) is 31.5 Å². The van der Waals surface area contributed by atoms with Gasteiger partial charge in [-0.2, -0.15) is 0 Å². The van der Waals surface area contributed by atoms with Gasteiger partial charge in [0.2, 0.25) is 5.24 Å². The molecule has 2 aliphatic rings. The Morgan fingerprint density at radius 3 is 1.27 bits per heavy atom. The summed E-state index contributed by atoms with van der Waals surface area (Å²) in [6.45, 7) is 0. The first-order valence-corrected chi connectivity index (χ1v) is 15.6. The smallest absolute Gasteiger partial charge is 0.657 e. The maximum atomic E-state index is 11.9. The van der Waals surface area contributed by atoms with Crippen LogP contribution in [0.25, 0.3) is 85.8 Å². The zero-order valence-electron chi connectivity index (χ0n) is 25.3. The van der Waals surface area contributed by atoms with Gasteiger partial charge >= 0.3 is 16.5 Å². The van der Waals surface area contributed by atoms with Crippen molar-refractivity contribution in [2.45, 2.75) is 0 Å². The van der Waals surface area contributed by atoms with Gasteiger partial charge in [-0.25, -0.2) is 9.97 Å². The molecule has 232 valence electrons. The molecule has 48 heavy (non-hydrogen) atoms. The quantitative estimate of drug-likeness (QED) is 0.103. The summed E-state index contributed by atoms with van der Waals surface area (Å²) in [6, 6.07) is 38.5. The molecule has 5 nitrogen and oxygen atoms in total. The largest absolute Gasteiger partial charge is 2.00 e. The summed E-state index contributed by atoms with van der Waals surface area (Å²) >= 11 is 5.77. The Kier molecular flexibility index (Phi) is 8.60. The second kappa shape index (κ2) is 13.3. The molecule has 8 rings (SSSR count). The Morgan fingerprint density at radius 2 is 0.854 bits per heavy atom. The van der Waals surface area contributed by atoms with Crippen molar-refractivity contribution in [3.05, 3.63) is 150 Å². The van der Waals surface area contributed by atoms with Crippen molar-refractivity contribution < 1.29 is 21.3 Å². The van der Waals surface area contributed by atoms with E-state index in [1.165, 1.54) is 6.08 Å². The fourth-order valence-electron chi connectivity index (χ4n) is 6.13. The predicted molar refractivity (Wildman–Crippen MR) is 193 cm³/mol. The molecule has 6 aromatic rings. The molecule has 5 heterocycles. The number of halogens is 1. The second-order valence-corrected chi connectivity index (χ2v) is 11.5. The minimum Gasteiger partial charge on any atom is -0.657 e. The maximum absolute atomic E-state index is 11.9. The topological polar surface area (TPSA) is 71.1 Å². The normalized spacial score (nSPS) is 11.9. The molecule has 3 aromatic carbocycles. The molecule has 0 spiro atoms. The zero-order valence-corrected chi connectivity index (χ0v) is 27.1. The number of hydrogen-bond acceptors (Lipinski definition) is 3. The van der Waals surface area contributed by atoms with Crippen LogP contribution < -0.4 is 9.97 Å². The fourth-order valence-corrected chi connectivity index (χ4v) is 6.19.